The largest absolute Gasteiger partial charge is 0.394 e. The Morgan fingerprint density at radius 3 is 2.56 bits per heavy atom. The Kier molecular flexibility index (Phi) is 5.19. The van der Waals surface area contributed by atoms with Gasteiger partial charge in [0.1, 0.15) is 5.82 Å². The van der Waals surface area contributed by atoms with Crippen molar-refractivity contribution in [2.75, 3.05) is 11.9 Å². The highest BCUT2D eigenvalue weighted by molar-refractivity contribution is 5.41. The summed E-state index contributed by atoms with van der Waals surface area (Å²) in [6.07, 6.45) is 4.42. The number of nitrogens with zero attached hydrogens (tertiary/aromatic N) is 2. The lowest BCUT2D eigenvalue weighted by atomic mass is 10.2. The molecule has 0 saturated heterocycles. The molecule has 1 rings (SSSR count). The summed E-state index contributed by atoms with van der Waals surface area (Å²) in [5, 5.41) is 12.4. The third-order valence-electron chi connectivity index (χ3n) is 2.65. The minimum Gasteiger partial charge on any atom is -0.394 e. The van der Waals surface area contributed by atoms with Gasteiger partial charge in [-0.3, -0.25) is 4.98 Å². The molecule has 0 bridgehead atoms. The van der Waals surface area contributed by atoms with E-state index in [1.165, 1.54) is 0 Å². The molecule has 4 heteroatoms. The maximum absolute atomic E-state index is 9.17. The van der Waals surface area contributed by atoms with Gasteiger partial charge in [0, 0.05) is 6.20 Å². The number of aliphatic hydroxyl groups excluding tert-OH is 1. The van der Waals surface area contributed by atoms with Crippen LogP contribution in [0.25, 0.3) is 0 Å². The van der Waals surface area contributed by atoms with Crippen molar-refractivity contribution in [2.24, 2.45) is 0 Å². The van der Waals surface area contributed by atoms with E-state index >= 15 is 0 Å². The van der Waals surface area contributed by atoms with Crippen LogP contribution in [0.1, 0.15) is 38.6 Å². The molecule has 90 valence electrons. The second-order valence-electron chi connectivity index (χ2n) is 3.80. The minimum absolute atomic E-state index is 0.0618. The van der Waals surface area contributed by atoms with Gasteiger partial charge in [-0.05, 0) is 19.3 Å². The number of nitrogens with one attached hydrogen (secondary N) is 1. The number of anilines is 1. The summed E-state index contributed by atoms with van der Waals surface area (Å²) in [5.74, 6) is 0.822. The first-order valence-electron chi connectivity index (χ1n) is 5.97. The molecule has 4 nitrogen and oxygen atoms in total. The van der Waals surface area contributed by atoms with Gasteiger partial charge >= 0.3 is 0 Å². The van der Waals surface area contributed by atoms with Gasteiger partial charge < -0.3 is 10.4 Å². The zero-order valence-corrected chi connectivity index (χ0v) is 10.3. The third kappa shape index (κ3) is 3.17. The summed E-state index contributed by atoms with van der Waals surface area (Å²) in [6, 6.07) is 0.0618. The van der Waals surface area contributed by atoms with E-state index in [0.29, 0.717) is 0 Å². The van der Waals surface area contributed by atoms with Gasteiger partial charge in [-0.15, -0.1) is 0 Å². The number of aromatic nitrogens is 2. The molecular weight excluding hydrogens is 202 g/mol. The molecule has 0 aliphatic rings. The molecule has 2 N–H and O–H groups in total. The molecule has 0 unspecified atom stereocenters. The van der Waals surface area contributed by atoms with Crippen LogP contribution in [0.2, 0.25) is 0 Å². The first-order chi connectivity index (χ1) is 7.74. The highest BCUT2D eigenvalue weighted by Crippen LogP contribution is 2.13. The van der Waals surface area contributed by atoms with Crippen molar-refractivity contribution < 1.29 is 5.11 Å². The quantitative estimate of drug-likeness (QED) is 0.772. The summed E-state index contributed by atoms with van der Waals surface area (Å²) >= 11 is 0. The van der Waals surface area contributed by atoms with Crippen molar-refractivity contribution in [3.8, 4) is 0 Å². The van der Waals surface area contributed by atoms with Crippen LogP contribution in [0.4, 0.5) is 5.82 Å². The van der Waals surface area contributed by atoms with Gasteiger partial charge in [0.15, 0.2) is 0 Å². The number of aliphatic hydroxyl groups is 1. The molecular formula is C12H21N3O. The molecule has 1 atom stereocenters. The molecule has 1 aromatic rings. The second-order valence-corrected chi connectivity index (χ2v) is 3.80. The first-order valence-corrected chi connectivity index (χ1v) is 5.97. The number of aryl methyl sites for hydroxylation is 2. The normalized spacial score (nSPS) is 12.5. The predicted molar refractivity (Wildman–Crippen MR) is 65.6 cm³/mol. The zero-order chi connectivity index (χ0) is 12.0. The fourth-order valence-electron chi connectivity index (χ4n) is 1.47. The van der Waals surface area contributed by atoms with Crippen LogP contribution < -0.4 is 5.32 Å². The molecule has 0 amide bonds. The Balaban J connectivity index is 2.90. The zero-order valence-electron chi connectivity index (χ0n) is 10.3. The summed E-state index contributed by atoms with van der Waals surface area (Å²) < 4.78 is 0. The molecule has 0 fully saturated rings. The predicted octanol–water partition coefficient (Wildman–Crippen LogP) is 1.78. The van der Waals surface area contributed by atoms with Crippen molar-refractivity contribution >= 4 is 5.82 Å². The average molecular weight is 223 g/mol. The Hall–Kier alpha value is -1.16. The highest BCUT2D eigenvalue weighted by atomic mass is 16.3. The molecule has 0 radical (unpaired) electrons. The third-order valence-corrected chi connectivity index (χ3v) is 2.65. The van der Waals surface area contributed by atoms with Crippen molar-refractivity contribution in [3.63, 3.8) is 0 Å². The van der Waals surface area contributed by atoms with Gasteiger partial charge in [0.05, 0.1) is 24.0 Å². The van der Waals surface area contributed by atoms with E-state index < -0.39 is 0 Å². The molecule has 0 aliphatic heterocycles. The van der Waals surface area contributed by atoms with E-state index in [1.54, 1.807) is 0 Å². The van der Waals surface area contributed by atoms with Crippen molar-refractivity contribution in [1.29, 1.82) is 0 Å². The SMILES string of the molecule is CCc1cnc(CC)c(N[C@H](CC)CO)n1. The van der Waals surface area contributed by atoms with E-state index in [1.807, 2.05) is 13.1 Å². The van der Waals surface area contributed by atoms with Crippen LogP contribution in [-0.4, -0.2) is 27.7 Å². The molecule has 0 aliphatic carbocycles. The number of hydrogen-bond acceptors (Lipinski definition) is 4. The minimum atomic E-state index is 0.0618. The molecule has 0 aromatic carbocycles. The van der Waals surface area contributed by atoms with Crippen LogP contribution in [0.15, 0.2) is 6.20 Å². The van der Waals surface area contributed by atoms with Crippen LogP contribution in [-0.2, 0) is 12.8 Å². The van der Waals surface area contributed by atoms with E-state index in [2.05, 4.69) is 29.1 Å². The first kappa shape index (κ1) is 12.9. The Bertz CT molecular complexity index is 324. The fourth-order valence-corrected chi connectivity index (χ4v) is 1.47. The Morgan fingerprint density at radius 1 is 1.31 bits per heavy atom. The van der Waals surface area contributed by atoms with Gasteiger partial charge in [-0.25, -0.2) is 4.98 Å². The Morgan fingerprint density at radius 2 is 2.06 bits per heavy atom. The standard InChI is InChI=1S/C12H21N3O/c1-4-9-7-13-11(6-3)12(14-9)15-10(5-2)8-16/h7,10,16H,4-6,8H2,1-3H3,(H,14,15)/t10-/m1/s1. The van der Waals surface area contributed by atoms with Crippen molar-refractivity contribution in [1.82, 2.24) is 9.97 Å². The number of hydrogen-bond donors (Lipinski definition) is 2. The Labute approximate surface area is 97.1 Å². The molecule has 0 saturated carbocycles. The monoisotopic (exact) mass is 223 g/mol. The smallest absolute Gasteiger partial charge is 0.148 e. The van der Waals surface area contributed by atoms with Gasteiger partial charge in [0.2, 0.25) is 0 Å². The van der Waals surface area contributed by atoms with Crippen LogP contribution in [0, 0.1) is 0 Å². The van der Waals surface area contributed by atoms with E-state index in [-0.39, 0.29) is 12.6 Å². The lowest BCUT2D eigenvalue weighted by Gasteiger charge is -2.17. The summed E-state index contributed by atoms with van der Waals surface area (Å²) in [7, 11) is 0. The molecule has 1 heterocycles. The van der Waals surface area contributed by atoms with E-state index in [0.717, 1.165) is 36.5 Å². The summed E-state index contributed by atoms with van der Waals surface area (Å²) in [4.78, 5) is 8.90. The molecule has 16 heavy (non-hydrogen) atoms. The fraction of sp³-hybridized carbons (Fsp3) is 0.667. The highest BCUT2D eigenvalue weighted by Gasteiger charge is 2.10. The van der Waals surface area contributed by atoms with Crippen molar-refractivity contribution in [2.45, 2.75) is 46.1 Å². The van der Waals surface area contributed by atoms with Gasteiger partial charge in [-0.2, -0.15) is 0 Å². The van der Waals surface area contributed by atoms with E-state index in [9.17, 15) is 0 Å². The maximum Gasteiger partial charge on any atom is 0.148 e. The lowest BCUT2D eigenvalue weighted by molar-refractivity contribution is 0.271. The van der Waals surface area contributed by atoms with E-state index in [4.69, 9.17) is 5.11 Å². The van der Waals surface area contributed by atoms with Crippen LogP contribution in [0.3, 0.4) is 0 Å². The maximum atomic E-state index is 9.17. The number of rotatable bonds is 6. The summed E-state index contributed by atoms with van der Waals surface area (Å²) in [6.45, 7) is 6.28. The topological polar surface area (TPSA) is 58.0 Å². The molecule has 1 aromatic heterocycles. The second kappa shape index (κ2) is 6.43. The summed E-state index contributed by atoms with van der Waals surface area (Å²) in [5.41, 5.74) is 1.94. The van der Waals surface area contributed by atoms with Crippen LogP contribution >= 0.6 is 0 Å². The van der Waals surface area contributed by atoms with Gasteiger partial charge in [0.25, 0.3) is 0 Å². The van der Waals surface area contributed by atoms with Crippen molar-refractivity contribution in [3.05, 3.63) is 17.6 Å². The lowest BCUT2D eigenvalue weighted by Crippen LogP contribution is -2.24. The average Bonchev–Trinajstić information content (AvgIpc) is 2.35. The molecule has 0 spiro atoms. The van der Waals surface area contributed by atoms with Crippen LogP contribution in [0.5, 0.6) is 0 Å². The van der Waals surface area contributed by atoms with Gasteiger partial charge in [-0.1, -0.05) is 20.8 Å².